The summed E-state index contributed by atoms with van der Waals surface area (Å²) in [6.45, 7) is 4.13. The number of fused-ring (bicyclic) bond motifs is 1. The molecule has 3 rings (SSSR count). The lowest BCUT2D eigenvalue weighted by molar-refractivity contribution is -0.138. The van der Waals surface area contributed by atoms with Gasteiger partial charge in [0.25, 0.3) is 0 Å². The van der Waals surface area contributed by atoms with Gasteiger partial charge in [0.2, 0.25) is 0 Å². The minimum Gasteiger partial charge on any atom is -0.484 e. The van der Waals surface area contributed by atoms with Gasteiger partial charge in [0.05, 0.1) is 0 Å². The van der Waals surface area contributed by atoms with Crippen LogP contribution in [0.5, 0.6) is 0 Å². The summed E-state index contributed by atoms with van der Waals surface area (Å²) in [5, 5.41) is 7.36. The third-order valence-electron chi connectivity index (χ3n) is 4.65. The van der Waals surface area contributed by atoms with Crippen LogP contribution in [0.15, 0.2) is 35.8 Å². The molecule has 2 aromatic rings. The fraction of sp³-hybridized carbons (Fsp3) is 0.444. The maximum absolute atomic E-state index is 14.3. The molecular weight excluding hydrogens is 388 g/mol. The van der Waals surface area contributed by atoms with Crippen molar-refractivity contribution >= 4 is 5.65 Å². The van der Waals surface area contributed by atoms with E-state index in [0.29, 0.717) is 18.3 Å². The highest BCUT2D eigenvalue weighted by molar-refractivity contribution is 5.54. The van der Waals surface area contributed by atoms with Crippen molar-refractivity contribution in [3.05, 3.63) is 52.7 Å². The second kappa shape index (κ2) is 7.14. The molecule has 0 saturated heterocycles. The molecule has 0 aliphatic heterocycles. The Labute approximate surface area is 156 Å². The number of rotatable bonds is 4. The van der Waals surface area contributed by atoms with Crippen LogP contribution in [0.4, 0.5) is 26.3 Å². The molecule has 0 saturated carbocycles. The first kappa shape index (κ1) is 20.2. The van der Waals surface area contributed by atoms with Crippen molar-refractivity contribution in [3.63, 3.8) is 0 Å². The van der Waals surface area contributed by atoms with Gasteiger partial charge in [-0.2, -0.15) is 13.2 Å². The summed E-state index contributed by atoms with van der Waals surface area (Å²) in [6, 6.07) is 1.15. The van der Waals surface area contributed by atoms with E-state index in [2.05, 4.69) is 10.2 Å². The molecule has 0 N–H and O–H groups in total. The molecule has 0 radical (unpaired) electrons. The zero-order valence-corrected chi connectivity index (χ0v) is 15.2. The van der Waals surface area contributed by atoms with Crippen molar-refractivity contribution in [1.29, 1.82) is 0 Å². The van der Waals surface area contributed by atoms with Crippen LogP contribution < -0.4 is 0 Å². The summed E-state index contributed by atoms with van der Waals surface area (Å²) in [5.74, 6) is -4.09. The van der Waals surface area contributed by atoms with Crippen LogP contribution in [0.1, 0.15) is 43.8 Å². The number of halogens is 6. The number of aryl methyl sites for hydroxylation is 1. The summed E-state index contributed by atoms with van der Waals surface area (Å²) < 4.78 is 89.4. The summed E-state index contributed by atoms with van der Waals surface area (Å²) >= 11 is 0. The van der Waals surface area contributed by atoms with E-state index in [9.17, 15) is 26.3 Å². The highest BCUT2D eigenvalue weighted by atomic mass is 19.4. The zero-order chi connectivity index (χ0) is 20.8. The highest BCUT2D eigenvalue weighted by Gasteiger charge is 2.40. The molecule has 0 spiro atoms. The second-order valence-electron chi connectivity index (χ2n) is 6.50. The van der Waals surface area contributed by atoms with E-state index in [1.165, 1.54) is 24.4 Å². The van der Waals surface area contributed by atoms with Crippen LogP contribution in [0, 0.1) is 5.92 Å². The van der Waals surface area contributed by atoms with Crippen LogP contribution in [0.3, 0.4) is 0 Å². The number of allylic oxidation sites excluding steroid dienone is 4. The number of alkyl halides is 4. The number of pyridine rings is 1. The van der Waals surface area contributed by atoms with Gasteiger partial charge in [-0.25, -0.2) is 13.2 Å². The van der Waals surface area contributed by atoms with Gasteiger partial charge < -0.3 is 4.74 Å². The van der Waals surface area contributed by atoms with Crippen LogP contribution in [-0.4, -0.2) is 20.8 Å². The molecule has 28 heavy (non-hydrogen) atoms. The molecule has 2 aromatic heterocycles. The van der Waals surface area contributed by atoms with Gasteiger partial charge in [0.1, 0.15) is 23.3 Å². The van der Waals surface area contributed by atoms with Gasteiger partial charge in [0.15, 0.2) is 23.4 Å². The molecule has 0 bridgehead atoms. The molecular formula is C18H17F6N3O. The van der Waals surface area contributed by atoms with E-state index < -0.39 is 53.0 Å². The molecule has 10 heteroatoms. The van der Waals surface area contributed by atoms with E-state index in [1.807, 2.05) is 0 Å². The Balaban J connectivity index is 2.07. The first-order valence-corrected chi connectivity index (χ1v) is 8.57. The van der Waals surface area contributed by atoms with Crippen LogP contribution in [0.2, 0.25) is 0 Å². The molecule has 0 amide bonds. The van der Waals surface area contributed by atoms with Crippen molar-refractivity contribution in [2.45, 2.75) is 45.6 Å². The fourth-order valence-corrected chi connectivity index (χ4v) is 3.09. The number of aromatic nitrogens is 3. The maximum atomic E-state index is 14.3. The average molecular weight is 405 g/mol. The quantitative estimate of drug-likeness (QED) is 0.639. The largest absolute Gasteiger partial charge is 0.484 e. The maximum Gasteiger partial charge on any atom is 0.420 e. The summed E-state index contributed by atoms with van der Waals surface area (Å²) in [4.78, 5) is 0. The van der Waals surface area contributed by atoms with Crippen molar-refractivity contribution in [3.8, 4) is 0 Å². The lowest BCUT2D eigenvalue weighted by Crippen LogP contribution is -2.24. The summed E-state index contributed by atoms with van der Waals surface area (Å²) in [7, 11) is 0. The van der Waals surface area contributed by atoms with Gasteiger partial charge in [-0.1, -0.05) is 13.8 Å². The van der Waals surface area contributed by atoms with E-state index in [-0.39, 0.29) is 5.56 Å². The van der Waals surface area contributed by atoms with Crippen LogP contribution in [-0.2, 0) is 17.3 Å². The molecule has 2 heterocycles. The Hall–Kier alpha value is -2.52. The average Bonchev–Trinajstić information content (AvgIpc) is 3.04. The van der Waals surface area contributed by atoms with Gasteiger partial charge >= 0.3 is 6.18 Å². The van der Waals surface area contributed by atoms with Crippen molar-refractivity contribution in [2.75, 3.05) is 0 Å². The Morgan fingerprint density at radius 2 is 1.93 bits per heavy atom. The van der Waals surface area contributed by atoms with Crippen molar-refractivity contribution in [1.82, 2.24) is 14.6 Å². The standard InChI is InChI=1S/C18H17F6N3O/c1-4-13-25-26-17-14(18(22,23)24)10(5-6-27(13)17)9(3)28-16-12(20)7-11(19)8(2)15(16)21/h5-9,15H,4H2,1-3H3. The molecule has 3 unspecified atom stereocenters. The zero-order valence-electron chi connectivity index (χ0n) is 15.2. The third-order valence-corrected chi connectivity index (χ3v) is 4.65. The molecule has 4 nitrogen and oxygen atoms in total. The highest BCUT2D eigenvalue weighted by Crippen LogP contribution is 2.41. The fourth-order valence-electron chi connectivity index (χ4n) is 3.09. The first-order valence-electron chi connectivity index (χ1n) is 8.57. The predicted molar refractivity (Wildman–Crippen MR) is 88.3 cm³/mol. The Morgan fingerprint density at radius 1 is 1.25 bits per heavy atom. The van der Waals surface area contributed by atoms with Gasteiger partial charge in [0, 0.05) is 30.2 Å². The molecule has 0 fully saturated rings. The van der Waals surface area contributed by atoms with Crippen LogP contribution in [0.25, 0.3) is 5.65 Å². The minimum absolute atomic E-state index is 0.333. The monoisotopic (exact) mass is 405 g/mol. The molecule has 1 aliphatic carbocycles. The number of ether oxygens (including phenoxy) is 1. The smallest absolute Gasteiger partial charge is 0.420 e. The summed E-state index contributed by atoms with van der Waals surface area (Å²) in [6.07, 6.45) is -6.14. The van der Waals surface area contributed by atoms with Crippen molar-refractivity contribution in [2.24, 2.45) is 5.92 Å². The predicted octanol–water partition coefficient (Wildman–Crippen LogP) is 5.41. The molecule has 0 aromatic carbocycles. The number of nitrogens with zero attached hydrogens (tertiary/aromatic N) is 3. The third kappa shape index (κ3) is 3.35. The Kier molecular flexibility index (Phi) is 5.16. The Bertz CT molecular complexity index is 962. The molecule has 3 atom stereocenters. The van der Waals surface area contributed by atoms with E-state index in [1.54, 1.807) is 6.92 Å². The van der Waals surface area contributed by atoms with Gasteiger partial charge in [-0.3, -0.25) is 4.40 Å². The summed E-state index contributed by atoms with van der Waals surface area (Å²) in [5.41, 5.74) is -1.88. The first-order chi connectivity index (χ1) is 13.1. The van der Waals surface area contributed by atoms with Gasteiger partial charge in [-0.15, -0.1) is 10.2 Å². The molecule has 152 valence electrons. The molecule has 1 aliphatic rings. The minimum atomic E-state index is -4.80. The van der Waals surface area contributed by atoms with E-state index >= 15 is 0 Å². The second-order valence-corrected chi connectivity index (χ2v) is 6.50. The normalized spacial score (nSPS) is 21.8. The van der Waals surface area contributed by atoms with E-state index in [0.717, 1.165) is 6.07 Å². The van der Waals surface area contributed by atoms with Crippen LogP contribution >= 0.6 is 0 Å². The SMILES string of the molecule is CCc1nnc2c(C(F)(F)F)c(C(C)OC3=C(F)C=C(F)C(C)C3F)ccn12. The number of hydrogen-bond acceptors (Lipinski definition) is 3. The topological polar surface area (TPSA) is 39.4 Å². The van der Waals surface area contributed by atoms with Gasteiger partial charge in [-0.05, 0) is 13.0 Å². The van der Waals surface area contributed by atoms with E-state index in [4.69, 9.17) is 4.74 Å². The Morgan fingerprint density at radius 3 is 2.54 bits per heavy atom. The van der Waals surface area contributed by atoms with Crippen molar-refractivity contribution < 1.29 is 31.1 Å². The lowest BCUT2D eigenvalue weighted by Gasteiger charge is -2.27. The lowest BCUT2D eigenvalue weighted by atomic mass is 9.97. The number of hydrogen-bond donors (Lipinski definition) is 0.